The Bertz CT molecular complexity index is 830. The third-order valence-electron chi connectivity index (χ3n) is 3.24. The molecule has 0 atom stereocenters. The number of nitrogens with zero attached hydrogens (tertiary/aromatic N) is 2. The minimum Gasteiger partial charge on any atom is -0.507 e. The van der Waals surface area contributed by atoms with Gasteiger partial charge in [0, 0.05) is 16.7 Å². The SMILES string of the molecule is NNC(=O)c1ccc2c(c1)[N+](=Cc1cc(Cl)ccc1O)C=N2. The maximum Gasteiger partial charge on any atom is 0.292 e. The Morgan fingerprint density at radius 3 is 2.91 bits per heavy atom. The van der Waals surface area contributed by atoms with Crippen LogP contribution in [0.3, 0.4) is 0 Å². The van der Waals surface area contributed by atoms with Gasteiger partial charge in [-0.3, -0.25) is 10.2 Å². The molecule has 0 radical (unpaired) electrons. The fourth-order valence-corrected chi connectivity index (χ4v) is 2.31. The lowest BCUT2D eigenvalue weighted by Gasteiger charge is -2.02. The number of phenols is 1. The molecule has 3 rings (SSSR count). The van der Waals surface area contributed by atoms with Crippen molar-refractivity contribution in [3.05, 3.63) is 52.5 Å². The summed E-state index contributed by atoms with van der Waals surface area (Å²) in [6.07, 6.45) is 3.27. The van der Waals surface area contributed by atoms with Crippen molar-refractivity contribution in [2.75, 3.05) is 0 Å². The van der Waals surface area contributed by atoms with Gasteiger partial charge < -0.3 is 5.11 Å². The molecule has 0 saturated heterocycles. The van der Waals surface area contributed by atoms with Crippen LogP contribution in [0.2, 0.25) is 5.02 Å². The van der Waals surface area contributed by atoms with Crippen LogP contribution in [0, 0.1) is 0 Å². The molecule has 22 heavy (non-hydrogen) atoms. The van der Waals surface area contributed by atoms with E-state index in [4.69, 9.17) is 17.4 Å². The third-order valence-corrected chi connectivity index (χ3v) is 3.47. The van der Waals surface area contributed by atoms with Crippen molar-refractivity contribution >= 4 is 41.4 Å². The summed E-state index contributed by atoms with van der Waals surface area (Å²) in [6.45, 7) is 0. The number of benzene rings is 2. The first-order valence-electron chi connectivity index (χ1n) is 6.39. The predicted octanol–water partition coefficient (Wildman–Crippen LogP) is 2.09. The van der Waals surface area contributed by atoms with Gasteiger partial charge in [-0.2, -0.15) is 4.58 Å². The summed E-state index contributed by atoms with van der Waals surface area (Å²) >= 11 is 5.94. The van der Waals surface area contributed by atoms with Crippen molar-refractivity contribution in [1.29, 1.82) is 0 Å². The first-order chi connectivity index (χ1) is 10.6. The molecule has 1 aliphatic heterocycles. The average molecular weight is 316 g/mol. The lowest BCUT2D eigenvalue weighted by molar-refractivity contribution is -0.282. The van der Waals surface area contributed by atoms with Crippen molar-refractivity contribution in [2.24, 2.45) is 10.8 Å². The first-order valence-corrected chi connectivity index (χ1v) is 6.77. The largest absolute Gasteiger partial charge is 0.507 e. The molecular weight excluding hydrogens is 304 g/mol. The van der Waals surface area contributed by atoms with Gasteiger partial charge in [-0.25, -0.2) is 5.84 Å². The highest BCUT2D eigenvalue weighted by molar-refractivity contribution is 6.30. The van der Waals surface area contributed by atoms with Crippen LogP contribution in [0.25, 0.3) is 0 Å². The molecule has 0 spiro atoms. The number of carbonyl (C=O) groups is 1. The first kappa shape index (κ1) is 14.2. The van der Waals surface area contributed by atoms with E-state index in [9.17, 15) is 9.90 Å². The number of amides is 1. The maximum atomic E-state index is 11.6. The van der Waals surface area contributed by atoms with Crippen LogP contribution < -0.4 is 11.3 Å². The number of aliphatic imine (C=N–C) groups is 1. The molecule has 0 bridgehead atoms. The van der Waals surface area contributed by atoms with E-state index < -0.39 is 0 Å². The van der Waals surface area contributed by atoms with Gasteiger partial charge in [0.05, 0.1) is 5.56 Å². The molecule has 0 fully saturated rings. The molecule has 0 aromatic heterocycles. The number of nitrogens with one attached hydrogen (secondary N) is 1. The molecule has 7 heteroatoms. The number of aromatic hydroxyl groups is 1. The van der Waals surface area contributed by atoms with Crippen molar-refractivity contribution in [1.82, 2.24) is 5.43 Å². The van der Waals surface area contributed by atoms with E-state index >= 15 is 0 Å². The number of phenolic OH excluding ortho intramolecular Hbond substituents is 1. The van der Waals surface area contributed by atoms with Crippen LogP contribution in [-0.4, -0.2) is 28.1 Å². The molecule has 1 aliphatic rings. The Balaban J connectivity index is 2.06. The van der Waals surface area contributed by atoms with Crippen LogP contribution in [-0.2, 0) is 0 Å². The Morgan fingerprint density at radius 2 is 2.14 bits per heavy atom. The number of nitrogen functional groups attached to an aromatic ring is 1. The van der Waals surface area contributed by atoms with Crippen LogP contribution >= 0.6 is 11.6 Å². The number of hydrogen-bond donors (Lipinski definition) is 3. The van der Waals surface area contributed by atoms with E-state index in [1.165, 1.54) is 6.07 Å². The summed E-state index contributed by atoms with van der Waals surface area (Å²) in [5, 5.41) is 10.4. The molecule has 1 amide bonds. The normalized spacial score (nSPS) is 14.2. The second-order valence-electron chi connectivity index (χ2n) is 4.66. The van der Waals surface area contributed by atoms with Crippen molar-refractivity contribution < 1.29 is 14.5 Å². The highest BCUT2D eigenvalue weighted by Gasteiger charge is 2.22. The molecule has 0 aliphatic carbocycles. The van der Waals surface area contributed by atoms with Crippen LogP contribution in [0.5, 0.6) is 5.75 Å². The maximum absolute atomic E-state index is 11.6. The minimum absolute atomic E-state index is 0.0992. The zero-order valence-electron chi connectivity index (χ0n) is 11.3. The van der Waals surface area contributed by atoms with E-state index in [2.05, 4.69) is 10.4 Å². The molecule has 110 valence electrons. The number of fused-ring (bicyclic) bond motifs is 1. The highest BCUT2D eigenvalue weighted by atomic mass is 35.5. The fraction of sp³-hybridized carbons (Fsp3) is 0. The number of hydrogen-bond acceptors (Lipinski definition) is 4. The van der Waals surface area contributed by atoms with Gasteiger partial charge >= 0.3 is 0 Å². The summed E-state index contributed by atoms with van der Waals surface area (Å²) in [6, 6.07) is 9.78. The van der Waals surface area contributed by atoms with E-state index in [0.717, 1.165) is 0 Å². The Labute approximate surface area is 131 Å². The molecule has 0 unspecified atom stereocenters. The van der Waals surface area contributed by atoms with Gasteiger partial charge in [-0.15, -0.1) is 0 Å². The van der Waals surface area contributed by atoms with E-state index in [1.54, 1.807) is 47.5 Å². The standard InChI is InChI=1S/C15H11ClN4O2/c16-11-2-4-14(21)10(5-11)7-20-8-18-12-3-1-9(6-13(12)20)15(22)19-17/h1-8H,17H2,(H,19,22)/p+1. The Kier molecular flexibility index (Phi) is 3.62. The fourth-order valence-electron chi connectivity index (χ4n) is 2.13. The lowest BCUT2D eigenvalue weighted by Crippen LogP contribution is -2.29. The number of nitrogens with two attached hydrogens (primary N) is 1. The summed E-state index contributed by atoms with van der Waals surface area (Å²) in [5.41, 5.74) is 4.47. The van der Waals surface area contributed by atoms with Gasteiger partial charge in [-0.1, -0.05) is 11.6 Å². The van der Waals surface area contributed by atoms with Crippen LogP contribution in [0.15, 0.2) is 41.4 Å². The number of rotatable bonds is 2. The van der Waals surface area contributed by atoms with E-state index in [-0.39, 0.29) is 11.7 Å². The zero-order chi connectivity index (χ0) is 15.7. The summed E-state index contributed by atoms with van der Waals surface area (Å²) < 4.78 is 1.70. The van der Waals surface area contributed by atoms with Gasteiger partial charge in [-0.05, 0) is 35.3 Å². The van der Waals surface area contributed by atoms with Gasteiger partial charge in [0.1, 0.15) is 12.0 Å². The monoisotopic (exact) mass is 315 g/mol. The van der Waals surface area contributed by atoms with Gasteiger partial charge in [0.25, 0.3) is 12.2 Å². The van der Waals surface area contributed by atoms with Crippen LogP contribution in [0.4, 0.5) is 11.4 Å². The quantitative estimate of drug-likeness (QED) is 0.343. The second-order valence-corrected chi connectivity index (χ2v) is 5.10. The summed E-state index contributed by atoms with van der Waals surface area (Å²) in [5.74, 6) is 4.85. The third kappa shape index (κ3) is 2.57. The Hall–Kier alpha value is -2.70. The average Bonchev–Trinajstić information content (AvgIpc) is 2.92. The van der Waals surface area contributed by atoms with E-state index in [1.807, 2.05) is 0 Å². The van der Waals surface area contributed by atoms with Crippen molar-refractivity contribution in [3.63, 3.8) is 0 Å². The summed E-state index contributed by atoms with van der Waals surface area (Å²) in [4.78, 5) is 15.9. The number of hydrazine groups is 1. The molecule has 0 saturated carbocycles. The second kappa shape index (κ2) is 5.59. The highest BCUT2D eigenvalue weighted by Crippen LogP contribution is 2.32. The number of halogens is 1. The molecule has 4 N–H and O–H groups in total. The van der Waals surface area contributed by atoms with Gasteiger partial charge in [0.15, 0.2) is 5.69 Å². The minimum atomic E-state index is -0.389. The van der Waals surface area contributed by atoms with Crippen LogP contribution in [0.1, 0.15) is 15.9 Å². The van der Waals surface area contributed by atoms with Crippen molar-refractivity contribution in [3.8, 4) is 5.75 Å². The molecule has 2 aromatic carbocycles. The molecule has 1 heterocycles. The molecule has 6 nitrogen and oxygen atoms in total. The predicted molar refractivity (Wildman–Crippen MR) is 84.5 cm³/mol. The van der Waals surface area contributed by atoms with Crippen molar-refractivity contribution in [2.45, 2.75) is 0 Å². The van der Waals surface area contributed by atoms with Gasteiger partial charge in [0.2, 0.25) is 5.69 Å². The van der Waals surface area contributed by atoms with E-state index in [0.29, 0.717) is 27.5 Å². The Morgan fingerprint density at radius 1 is 1.32 bits per heavy atom. The lowest BCUT2D eigenvalue weighted by atomic mass is 10.1. The zero-order valence-corrected chi connectivity index (χ0v) is 12.1. The summed E-state index contributed by atoms with van der Waals surface area (Å²) in [7, 11) is 0. The number of carbonyl (C=O) groups excluding carboxylic acids is 1. The molecular formula is C15H12ClN4O2+. The topological polar surface area (TPSA) is 90.7 Å². The smallest absolute Gasteiger partial charge is 0.292 e. The molecule has 2 aromatic rings.